The van der Waals surface area contributed by atoms with Crippen molar-refractivity contribution < 1.29 is 4.79 Å². The number of aryl methyl sites for hydroxylation is 3. The number of hydrogen-bond donors (Lipinski definition) is 1. The lowest BCUT2D eigenvalue weighted by Gasteiger charge is -2.09. The van der Waals surface area contributed by atoms with Gasteiger partial charge < -0.3 is 5.32 Å². The number of rotatable bonds is 6. The standard InChI is InChI=1S/C25H27N5O/c1-17-14-18(2)29(27-17)16-21-10-12-22(13-11-21)25(31)26-15-24-19(3)28-30(20(24)4)23-8-6-5-7-9-23/h5-14H,15-16H2,1-4H3,(H,26,31). The topological polar surface area (TPSA) is 64.7 Å². The summed E-state index contributed by atoms with van der Waals surface area (Å²) < 4.78 is 3.89. The first-order valence-electron chi connectivity index (χ1n) is 10.4. The highest BCUT2D eigenvalue weighted by Crippen LogP contribution is 2.18. The van der Waals surface area contributed by atoms with E-state index in [1.54, 1.807) is 0 Å². The third-order valence-electron chi connectivity index (χ3n) is 5.52. The highest BCUT2D eigenvalue weighted by atomic mass is 16.1. The lowest BCUT2D eigenvalue weighted by Crippen LogP contribution is -2.23. The highest BCUT2D eigenvalue weighted by Gasteiger charge is 2.14. The minimum Gasteiger partial charge on any atom is -0.348 e. The maximum absolute atomic E-state index is 12.7. The van der Waals surface area contributed by atoms with E-state index in [0.717, 1.165) is 39.6 Å². The summed E-state index contributed by atoms with van der Waals surface area (Å²) in [5.41, 5.74) is 7.89. The maximum Gasteiger partial charge on any atom is 0.251 e. The molecular weight excluding hydrogens is 386 g/mol. The van der Waals surface area contributed by atoms with Gasteiger partial charge in [-0.3, -0.25) is 9.48 Å². The molecule has 0 fully saturated rings. The van der Waals surface area contributed by atoms with Gasteiger partial charge in [0.1, 0.15) is 0 Å². The Bertz CT molecular complexity index is 1200. The molecular formula is C25H27N5O. The molecule has 158 valence electrons. The summed E-state index contributed by atoms with van der Waals surface area (Å²) in [4.78, 5) is 12.7. The first kappa shape index (κ1) is 20.6. The number of nitrogens with zero attached hydrogens (tertiary/aromatic N) is 4. The fourth-order valence-electron chi connectivity index (χ4n) is 3.79. The van der Waals surface area contributed by atoms with Gasteiger partial charge in [-0.15, -0.1) is 0 Å². The van der Waals surface area contributed by atoms with Gasteiger partial charge in [0, 0.05) is 29.1 Å². The van der Waals surface area contributed by atoms with Crippen LogP contribution in [0.3, 0.4) is 0 Å². The third kappa shape index (κ3) is 4.43. The van der Waals surface area contributed by atoms with Crippen molar-refractivity contribution in [3.63, 3.8) is 0 Å². The molecule has 1 amide bonds. The van der Waals surface area contributed by atoms with E-state index in [1.165, 1.54) is 0 Å². The molecule has 0 bridgehead atoms. The van der Waals surface area contributed by atoms with E-state index < -0.39 is 0 Å². The average Bonchev–Trinajstić information content (AvgIpc) is 3.24. The molecule has 2 aromatic carbocycles. The fraction of sp³-hybridized carbons (Fsp3) is 0.240. The molecule has 0 saturated heterocycles. The van der Waals surface area contributed by atoms with Crippen LogP contribution in [0.5, 0.6) is 0 Å². The minimum atomic E-state index is -0.0936. The molecule has 1 N–H and O–H groups in total. The van der Waals surface area contributed by atoms with E-state index in [9.17, 15) is 4.79 Å². The molecule has 0 aliphatic rings. The number of para-hydroxylation sites is 1. The van der Waals surface area contributed by atoms with Crippen LogP contribution in [0.1, 0.15) is 44.3 Å². The first-order chi connectivity index (χ1) is 14.9. The zero-order valence-corrected chi connectivity index (χ0v) is 18.4. The van der Waals surface area contributed by atoms with Gasteiger partial charge in [0.15, 0.2) is 0 Å². The van der Waals surface area contributed by atoms with Gasteiger partial charge in [0.2, 0.25) is 0 Å². The molecule has 2 aromatic heterocycles. The Hall–Kier alpha value is -3.67. The molecule has 0 aliphatic carbocycles. The third-order valence-corrected chi connectivity index (χ3v) is 5.52. The molecule has 0 aliphatic heterocycles. The zero-order chi connectivity index (χ0) is 22.0. The van der Waals surface area contributed by atoms with Gasteiger partial charge >= 0.3 is 0 Å². The molecule has 31 heavy (non-hydrogen) atoms. The van der Waals surface area contributed by atoms with Crippen molar-refractivity contribution in [1.29, 1.82) is 0 Å². The first-order valence-corrected chi connectivity index (χ1v) is 10.4. The molecule has 6 heteroatoms. The van der Waals surface area contributed by atoms with Crippen LogP contribution in [0, 0.1) is 27.7 Å². The highest BCUT2D eigenvalue weighted by molar-refractivity contribution is 5.94. The zero-order valence-electron chi connectivity index (χ0n) is 18.4. The number of carbonyl (C=O) groups is 1. The Morgan fingerprint density at radius 2 is 1.65 bits per heavy atom. The number of nitrogens with one attached hydrogen (secondary N) is 1. The van der Waals surface area contributed by atoms with E-state index in [2.05, 4.69) is 21.6 Å². The summed E-state index contributed by atoms with van der Waals surface area (Å²) in [5, 5.41) is 12.2. The van der Waals surface area contributed by atoms with Gasteiger partial charge in [-0.1, -0.05) is 30.3 Å². The minimum absolute atomic E-state index is 0.0936. The van der Waals surface area contributed by atoms with E-state index >= 15 is 0 Å². The van der Waals surface area contributed by atoms with Crippen molar-refractivity contribution in [2.75, 3.05) is 0 Å². The molecule has 6 nitrogen and oxygen atoms in total. The lowest BCUT2D eigenvalue weighted by atomic mass is 10.1. The molecule has 0 saturated carbocycles. The molecule has 2 heterocycles. The van der Waals surface area contributed by atoms with Crippen LogP contribution < -0.4 is 5.32 Å². The fourth-order valence-corrected chi connectivity index (χ4v) is 3.79. The number of benzene rings is 2. The van der Waals surface area contributed by atoms with Crippen LogP contribution in [0.25, 0.3) is 5.69 Å². The van der Waals surface area contributed by atoms with Crippen molar-refractivity contribution in [2.24, 2.45) is 0 Å². The van der Waals surface area contributed by atoms with E-state index in [1.807, 2.05) is 91.7 Å². The Morgan fingerprint density at radius 1 is 0.935 bits per heavy atom. The Balaban J connectivity index is 1.42. The largest absolute Gasteiger partial charge is 0.348 e. The van der Waals surface area contributed by atoms with Crippen molar-refractivity contribution in [3.05, 3.63) is 100 Å². The van der Waals surface area contributed by atoms with Gasteiger partial charge in [0.05, 0.1) is 23.6 Å². The number of carbonyl (C=O) groups excluding carboxylic acids is 1. The predicted molar refractivity (Wildman–Crippen MR) is 121 cm³/mol. The van der Waals surface area contributed by atoms with Crippen molar-refractivity contribution in [3.8, 4) is 5.69 Å². The molecule has 0 atom stereocenters. The second kappa shape index (κ2) is 8.60. The normalized spacial score (nSPS) is 11.0. The van der Waals surface area contributed by atoms with Crippen LogP contribution in [0.2, 0.25) is 0 Å². The van der Waals surface area contributed by atoms with Crippen LogP contribution in [-0.4, -0.2) is 25.5 Å². The Kier molecular flexibility index (Phi) is 5.71. The van der Waals surface area contributed by atoms with Crippen LogP contribution in [0.15, 0.2) is 60.7 Å². The van der Waals surface area contributed by atoms with Gasteiger partial charge in [-0.2, -0.15) is 10.2 Å². The number of amides is 1. The van der Waals surface area contributed by atoms with E-state index in [4.69, 9.17) is 0 Å². The molecule has 0 spiro atoms. The second-order valence-corrected chi connectivity index (χ2v) is 7.86. The summed E-state index contributed by atoms with van der Waals surface area (Å²) >= 11 is 0. The van der Waals surface area contributed by atoms with E-state index in [0.29, 0.717) is 18.7 Å². The molecule has 0 radical (unpaired) electrons. The SMILES string of the molecule is Cc1cc(C)n(Cc2ccc(C(=O)NCc3c(C)nn(-c4ccccc4)c3C)cc2)n1. The van der Waals surface area contributed by atoms with Crippen LogP contribution >= 0.6 is 0 Å². The van der Waals surface area contributed by atoms with Crippen LogP contribution in [-0.2, 0) is 13.1 Å². The van der Waals surface area contributed by atoms with Crippen molar-refractivity contribution in [1.82, 2.24) is 24.9 Å². The van der Waals surface area contributed by atoms with E-state index in [-0.39, 0.29) is 5.91 Å². The van der Waals surface area contributed by atoms with Gasteiger partial charge in [-0.05, 0) is 63.6 Å². The summed E-state index contributed by atoms with van der Waals surface area (Å²) in [5.74, 6) is -0.0936. The maximum atomic E-state index is 12.7. The monoisotopic (exact) mass is 413 g/mol. The van der Waals surface area contributed by atoms with Crippen molar-refractivity contribution >= 4 is 5.91 Å². The Labute approximate surface area is 182 Å². The summed E-state index contributed by atoms with van der Waals surface area (Å²) in [6.07, 6.45) is 0. The Morgan fingerprint density at radius 3 is 2.29 bits per heavy atom. The van der Waals surface area contributed by atoms with Gasteiger partial charge in [-0.25, -0.2) is 4.68 Å². The van der Waals surface area contributed by atoms with Gasteiger partial charge in [0.25, 0.3) is 5.91 Å². The number of aromatic nitrogens is 4. The quantitative estimate of drug-likeness (QED) is 0.513. The summed E-state index contributed by atoms with van der Waals surface area (Å²) in [6, 6.07) is 19.8. The molecule has 4 rings (SSSR count). The predicted octanol–water partition coefficient (Wildman–Crippen LogP) is 4.28. The average molecular weight is 414 g/mol. The van der Waals surface area contributed by atoms with Crippen LogP contribution in [0.4, 0.5) is 0 Å². The summed E-state index contributed by atoms with van der Waals surface area (Å²) in [6.45, 7) is 9.18. The summed E-state index contributed by atoms with van der Waals surface area (Å²) in [7, 11) is 0. The molecule has 4 aromatic rings. The smallest absolute Gasteiger partial charge is 0.251 e. The number of hydrogen-bond acceptors (Lipinski definition) is 3. The second-order valence-electron chi connectivity index (χ2n) is 7.86. The lowest BCUT2D eigenvalue weighted by molar-refractivity contribution is 0.0951. The van der Waals surface area contributed by atoms with Crippen molar-refractivity contribution in [2.45, 2.75) is 40.8 Å². The molecule has 0 unspecified atom stereocenters.